The Morgan fingerprint density at radius 3 is 2.55 bits per heavy atom. The lowest BCUT2D eigenvalue weighted by Gasteiger charge is -2.31. The van der Waals surface area contributed by atoms with E-state index in [0.29, 0.717) is 11.7 Å². The average Bonchev–Trinajstić information content (AvgIpc) is 2.55. The summed E-state index contributed by atoms with van der Waals surface area (Å²) in [4.78, 5) is 0. The van der Waals surface area contributed by atoms with Gasteiger partial charge in [-0.1, -0.05) is 30.3 Å². The van der Waals surface area contributed by atoms with Gasteiger partial charge in [-0.05, 0) is 43.4 Å². The molecular formula is C17H18N2O2S. The summed E-state index contributed by atoms with van der Waals surface area (Å²) in [6, 6.07) is 17.5. The zero-order valence-electron chi connectivity index (χ0n) is 12.3. The van der Waals surface area contributed by atoms with Crippen LogP contribution >= 0.6 is 12.2 Å². The lowest BCUT2D eigenvalue weighted by Crippen LogP contribution is -2.49. The Balaban J connectivity index is 1.56. The second kappa shape index (κ2) is 6.66. The van der Waals surface area contributed by atoms with Crippen LogP contribution in [0.2, 0.25) is 0 Å². The van der Waals surface area contributed by atoms with E-state index in [0.717, 1.165) is 17.2 Å². The highest BCUT2D eigenvalue weighted by molar-refractivity contribution is 7.80. The highest BCUT2D eigenvalue weighted by Gasteiger charge is 2.26. The first kappa shape index (κ1) is 14.7. The molecule has 1 aliphatic heterocycles. The first-order valence-corrected chi connectivity index (χ1v) is 7.64. The lowest BCUT2D eigenvalue weighted by atomic mass is 10.1. The molecule has 0 amide bonds. The molecule has 0 radical (unpaired) electrons. The molecule has 0 fully saturated rings. The Morgan fingerprint density at radius 2 is 1.77 bits per heavy atom. The molecule has 5 heteroatoms. The molecular weight excluding hydrogens is 296 g/mol. The van der Waals surface area contributed by atoms with Gasteiger partial charge in [-0.2, -0.15) is 0 Å². The van der Waals surface area contributed by atoms with Crippen LogP contribution in [0.5, 0.6) is 11.5 Å². The second-order valence-corrected chi connectivity index (χ2v) is 5.58. The number of fused-ring (bicyclic) bond motifs is 1. The van der Waals surface area contributed by atoms with Crippen molar-refractivity contribution in [1.29, 1.82) is 0 Å². The predicted molar refractivity (Wildman–Crippen MR) is 91.6 cm³/mol. The minimum Gasteiger partial charge on any atom is -0.486 e. The van der Waals surface area contributed by atoms with Gasteiger partial charge in [0, 0.05) is 5.69 Å². The second-order valence-electron chi connectivity index (χ2n) is 5.17. The number of anilines is 1. The summed E-state index contributed by atoms with van der Waals surface area (Å²) >= 11 is 5.34. The lowest BCUT2D eigenvalue weighted by molar-refractivity contribution is 0.0718. The maximum atomic E-state index is 5.97. The van der Waals surface area contributed by atoms with E-state index < -0.39 is 0 Å². The van der Waals surface area contributed by atoms with Crippen LogP contribution in [0.25, 0.3) is 0 Å². The van der Waals surface area contributed by atoms with Crippen molar-refractivity contribution in [3.8, 4) is 11.5 Å². The third-order valence-electron chi connectivity index (χ3n) is 3.48. The topological polar surface area (TPSA) is 42.5 Å². The van der Waals surface area contributed by atoms with Crippen LogP contribution in [0.3, 0.4) is 0 Å². The van der Waals surface area contributed by atoms with Gasteiger partial charge in [0.15, 0.2) is 22.7 Å². The Hall–Kier alpha value is -2.27. The van der Waals surface area contributed by atoms with Crippen molar-refractivity contribution in [2.45, 2.75) is 19.1 Å². The number of hydrogen-bond donors (Lipinski definition) is 2. The molecule has 114 valence electrons. The van der Waals surface area contributed by atoms with E-state index in [9.17, 15) is 0 Å². The molecule has 2 aromatic carbocycles. The Kier molecular flexibility index (Phi) is 4.44. The Morgan fingerprint density at radius 1 is 1.09 bits per heavy atom. The van der Waals surface area contributed by atoms with Crippen LogP contribution < -0.4 is 20.1 Å². The van der Waals surface area contributed by atoms with Gasteiger partial charge in [0.2, 0.25) is 0 Å². The number of nitrogens with one attached hydrogen (secondary N) is 2. The molecule has 0 unspecified atom stereocenters. The monoisotopic (exact) mass is 314 g/mol. The van der Waals surface area contributed by atoms with E-state index in [4.69, 9.17) is 21.7 Å². The van der Waals surface area contributed by atoms with Crippen LogP contribution in [0.1, 0.15) is 6.92 Å². The van der Waals surface area contributed by atoms with Crippen LogP contribution in [0.15, 0.2) is 54.6 Å². The van der Waals surface area contributed by atoms with Gasteiger partial charge in [0.1, 0.15) is 6.61 Å². The fraction of sp³-hybridized carbons (Fsp3) is 0.235. The van der Waals surface area contributed by atoms with E-state index in [1.165, 1.54) is 0 Å². The van der Waals surface area contributed by atoms with Gasteiger partial charge in [0.05, 0.1) is 6.04 Å². The van der Waals surface area contributed by atoms with Crippen molar-refractivity contribution in [2.75, 3.05) is 11.9 Å². The average molecular weight is 314 g/mol. The molecule has 22 heavy (non-hydrogen) atoms. The van der Waals surface area contributed by atoms with Crippen molar-refractivity contribution in [3.05, 3.63) is 54.6 Å². The van der Waals surface area contributed by atoms with E-state index in [2.05, 4.69) is 10.6 Å². The largest absolute Gasteiger partial charge is 0.486 e. The van der Waals surface area contributed by atoms with Gasteiger partial charge in [0.25, 0.3) is 0 Å². The van der Waals surface area contributed by atoms with Gasteiger partial charge in [-0.3, -0.25) is 0 Å². The molecule has 0 spiro atoms. The van der Waals surface area contributed by atoms with Crippen molar-refractivity contribution in [2.24, 2.45) is 0 Å². The molecule has 1 aliphatic rings. The highest BCUT2D eigenvalue weighted by atomic mass is 32.1. The van der Waals surface area contributed by atoms with E-state index in [1.807, 2.05) is 61.5 Å². The summed E-state index contributed by atoms with van der Waals surface area (Å²) in [5.74, 6) is 1.56. The Labute approximate surface area is 135 Å². The first-order valence-electron chi connectivity index (χ1n) is 7.23. The van der Waals surface area contributed by atoms with Crippen molar-refractivity contribution in [3.63, 3.8) is 0 Å². The number of benzene rings is 2. The van der Waals surface area contributed by atoms with Gasteiger partial charge < -0.3 is 20.1 Å². The number of ether oxygens (including phenoxy) is 2. The summed E-state index contributed by atoms with van der Waals surface area (Å²) in [5, 5.41) is 6.97. The number of thiocarbonyl (C=S) groups is 1. The van der Waals surface area contributed by atoms with Crippen molar-refractivity contribution < 1.29 is 9.47 Å². The highest BCUT2D eigenvalue weighted by Crippen LogP contribution is 2.31. The van der Waals surface area contributed by atoms with E-state index in [1.54, 1.807) is 0 Å². The summed E-state index contributed by atoms with van der Waals surface area (Å²) in [7, 11) is 0. The molecule has 0 aromatic heterocycles. The van der Waals surface area contributed by atoms with Crippen LogP contribution in [0, 0.1) is 0 Å². The third kappa shape index (κ3) is 3.49. The third-order valence-corrected chi connectivity index (χ3v) is 3.70. The molecule has 0 bridgehead atoms. The molecule has 2 N–H and O–H groups in total. The quantitative estimate of drug-likeness (QED) is 0.852. The van der Waals surface area contributed by atoms with Crippen LogP contribution in [-0.2, 0) is 0 Å². The maximum Gasteiger partial charge on any atom is 0.171 e. The smallest absolute Gasteiger partial charge is 0.171 e. The van der Waals surface area contributed by atoms with Gasteiger partial charge in [-0.25, -0.2) is 0 Å². The molecule has 1 heterocycles. The predicted octanol–water partition coefficient (Wildman–Crippen LogP) is 3.20. The normalized spacial score (nSPS) is 17.4. The minimum atomic E-state index is -0.0922. The fourth-order valence-corrected chi connectivity index (χ4v) is 2.57. The summed E-state index contributed by atoms with van der Waals surface area (Å²) in [5.41, 5.74) is 0.957. The molecule has 0 aliphatic carbocycles. The van der Waals surface area contributed by atoms with Crippen LogP contribution in [-0.4, -0.2) is 23.9 Å². The van der Waals surface area contributed by atoms with E-state index >= 15 is 0 Å². The summed E-state index contributed by atoms with van der Waals surface area (Å²) in [6.07, 6.45) is -0.0922. The molecule has 2 atom stereocenters. The number of para-hydroxylation sites is 3. The standard InChI is InChI=1S/C17H18N2O2S/c1-12(18-17(22)19-13-7-3-2-4-8-13)16-11-20-14-9-5-6-10-15(14)21-16/h2-10,12,16H,11H2,1H3,(H2,18,19,22)/t12-,16+/m1/s1. The van der Waals surface area contributed by atoms with Gasteiger partial charge >= 0.3 is 0 Å². The fourth-order valence-electron chi connectivity index (χ4n) is 2.27. The molecule has 0 saturated heterocycles. The zero-order valence-corrected chi connectivity index (χ0v) is 13.1. The van der Waals surface area contributed by atoms with Crippen LogP contribution in [0.4, 0.5) is 5.69 Å². The summed E-state index contributed by atoms with van der Waals surface area (Å²) < 4.78 is 11.7. The summed E-state index contributed by atoms with van der Waals surface area (Å²) in [6.45, 7) is 2.53. The zero-order chi connectivity index (χ0) is 15.4. The molecule has 0 saturated carbocycles. The van der Waals surface area contributed by atoms with Crippen molar-refractivity contribution >= 4 is 23.0 Å². The Bertz CT molecular complexity index is 648. The first-order chi connectivity index (χ1) is 10.7. The van der Waals surface area contributed by atoms with Gasteiger partial charge in [-0.15, -0.1) is 0 Å². The minimum absolute atomic E-state index is 0.0251. The maximum absolute atomic E-state index is 5.97. The molecule has 3 rings (SSSR count). The number of hydrogen-bond acceptors (Lipinski definition) is 3. The van der Waals surface area contributed by atoms with E-state index in [-0.39, 0.29) is 12.1 Å². The molecule has 4 nitrogen and oxygen atoms in total. The molecule has 2 aromatic rings. The number of rotatable bonds is 3. The SMILES string of the molecule is C[C@@H](NC(=S)Nc1ccccc1)[C@@H]1COc2ccccc2O1. The van der Waals surface area contributed by atoms with Crippen molar-refractivity contribution in [1.82, 2.24) is 5.32 Å².